The van der Waals surface area contributed by atoms with Crippen molar-refractivity contribution in [3.63, 3.8) is 0 Å². The van der Waals surface area contributed by atoms with Crippen molar-refractivity contribution in [1.29, 1.82) is 0 Å². The molecule has 5 nitrogen and oxygen atoms in total. The first kappa shape index (κ1) is 11.7. The van der Waals surface area contributed by atoms with Gasteiger partial charge in [0, 0.05) is 18.8 Å². The van der Waals surface area contributed by atoms with E-state index in [0.29, 0.717) is 18.5 Å². The van der Waals surface area contributed by atoms with Crippen LogP contribution in [0.1, 0.15) is 19.2 Å². The van der Waals surface area contributed by atoms with Gasteiger partial charge in [0.05, 0.1) is 6.54 Å². The minimum Gasteiger partial charge on any atom is -0.407 e. The van der Waals surface area contributed by atoms with E-state index in [2.05, 4.69) is 27.3 Å². The van der Waals surface area contributed by atoms with E-state index in [1.807, 2.05) is 11.8 Å². The standard InChI is InChI=1S/C10H18N4OS/c1-2-11-8-9-12-13-10(15-9)14-4-3-6-16-7-5-14/h11H,2-8H2,1H3. The summed E-state index contributed by atoms with van der Waals surface area (Å²) in [5, 5.41) is 11.3. The maximum absolute atomic E-state index is 5.61. The van der Waals surface area contributed by atoms with Gasteiger partial charge in [-0.1, -0.05) is 12.0 Å². The number of nitrogens with one attached hydrogen (secondary N) is 1. The van der Waals surface area contributed by atoms with E-state index in [0.717, 1.165) is 25.4 Å². The minimum absolute atomic E-state index is 0.659. The minimum atomic E-state index is 0.659. The predicted octanol–water partition coefficient (Wildman–Crippen LogP) is 1.12. The van der Waals surface area contributed by atoms with Crippen LogP contribution in [0.5, 0.6) is 0 Å². The Morgan fingerprint density at radius 3 is 3.19 bits per heavy atom. The van der Waals surface area contributed by atoms with Crippen LogP contribution in [0, 0.1) is 0 Å². The lowest BCUT2D eigenvalue weighted by Crippen LogP contribution is -2.25. The molecule has 1 aromatic heterocycles. The van der Waals surface area contributed by atoms with Gasteiger partial charge in [-0.15, -0.1) is 5.10 Å². The molecule has 0 amide bonds. The van der Waals surface area contributed by atoms with Crippen LogP contribution >= 0.6 is 11.8 Å². The van der Waals surface area contributed by atoms with Crippen molar-refractivity contribution in [3.05, 3.63) is 5.89 Å². The van der Waals surface area contributed by atoms with E-state index >= 15 is 0 Å². The lowest BCUT2D eigenvalue weighted by atomic mass is 10.4. The van der Waals surface area contributed by atoms with Gasteiger partial charge in [-0.05, 0) is 18.7 Å². The highest BCUT2D eigenvalue weighted by molar-refractivity contribution is 7.99. The van der Waals surface area contributed by atoms with Crippen molar-refractivity contribution in [2.45, 2.75) is 19.9 Å². The first-order chi connectivity index (χ1) is 7.90. The molecule has 1 aromatic rings. The molecule has 1 saturated heterocycles. The smallest absolute Gasteiger partial charge is 0.318 e. The monoisotopic (exact) mass is 242 g/mol. The Balaban J connectivity index is 1.94. The van der Waals surface area contributed by atoms with E-state index < -0.39 is 0 Å². The zero-order chi connectivity index (χ0) is 11.2. The van der Waals surface area contributed by atoms with Crippen LogP contribution in [0.3, 0.4) is 0 Å². The third-order valence-corrected chi connectivity index (χ3v) is 3.52. The summed E-state index contributed by atoms with van der Waals surface area (Å²) in [4.78, 5) is 2.18. The molecule has 0 aliphatic carbocycles. The normalized spacial score (nSPS) is 17.4. The van der Waals surface area contributed by atoms with Crippen LogP contribution in [0.25, 0.3) is 0 Å². The summed E-state index contributed by atoms with van der Waals surface area (Å²) in [5.74, 6) is 3.05. The molecule has 0 unspecified atom stereocenters. The quantitative estimate of drug-likeness (QED) is 0.854. The number of anilines is 1. The summed E-state index contributed by atoms with van der Waals surface area (Å²) in [7, 11) is 0. The van der Waals surface area contributed by atoms with Crippen molar-refractivity contribution in [2.75, 3.05) is 36.0 Å². The highest BCUT2D eigenvalue weighted by Gasteiger charge is 2.15. The van der Waals surface area contributed by atoms with Crippen LogP contribution in [-0.4, -0.2) is 41.3 Å². The van der Waals surface area contributed by atoms with Gasteiger partial charge in [-0.2, -0.15) is 11.8 Å². The average molecular weight is 242 g/mol. The van der Waals surface area contributed by atoms with Gasteiger partial charge in [-0.3, -0.25) is 0 Å². The molecule has 2 rings (SSSR count). The fourth-order valence-corrected chi connectivity index (χ4v) is 2.50. The first-order valence-corrected chi connectivity index (χ1v) is 6.91. The molecule has 1 fully saturated rings. The van der Waals surface area contributed by atoms with Crippen molar-refractivity contribution >= 4 is 17.8 Å². The van der Waals surface area contributed by atoms with Crippen LogP contribution in [0.4, 0.5) is 6.01 Å². The van der Waals surface area contributed by atoms with E-state index in [1.165, 1.54) is 12.2 Å². The Morgan fingerprint density at radius 1 is 1.38 bits per heavy atom. The number of aromatic nitrogens is 2. The second-order valence-electron chi connectivity index (χ2n) is 3.71. The van der Waals surface area contributed by atoms with Gasteiger partial charge in [0.1, 0.15) is 0 Å². The van der Waals surface area contributed by atoms with E-state index in [-0.39, 0.29) is 0 Å². The van der Waals surface area contributed by atoms with E-state index in [4.69, 9.17) is 4.42 Å². The van der Waals surface area contributed by atoms with Crippen molar-refractivity contribution < 1.29 is 4.42 Å². The third-order valence-electron chi connectivity index (χ3n) is 2.48. The van der Waals surface area contributed by atoms with Crippen LogP contribution in [-0.2, 0) is 6.54 Å². The molecule has 0 saturated carbocycles. The van der Waals surface area contributed by atoms with Crippen LogP contribution < -0.4 is 10.2 Å². The third kappa shape index (κ3) is 3.12. The maximum atomic E-state index is 5.61. The second-order valence-corrected chi connectivity index (χ2v) is 4.94. The fourth-order valence-electron chi connectivity index (χ4n) is 1.61. The Kier molecular flexibility index (Phi) is 4.47. The van der Waals surface area contributed by atoms with Gasteiger partial charge < -0.3 is 14.6 Å². The first-order valence-electron chi connectivity index (χ1n) is 5.76. The van der Waals surface area contributed by atoms with Gasteiger partial charge in [0.25, 0.3) is 0 Å². The largest absolute Gasteiger partial charge is 0.407 e. The van der Waals surface area contributed by atoms with Gasteiger partial charge >= 0.3 is 6.01 Å². The predicted molar refractivity (Wildman–Crippen MR) is 65.8 cm³/mol. The Bertz CT molecular complexity index is 310. The zero-order valence-electron chi connectivity index (χ0n) is 9.61. The van der Waals surface area contributed by atoms with Crippen LogP contribution in [0.2, 0.25) is 0 Å². The van der Waals surface area contributed by atoms with Gasteiger partial charge in [-0.25, -0.2) is 0 Å². The molecule has 0 atom stereocenters. The second kappa shape index (κ2) is 6.10. The SMILES string of the molecule is CCNCc1nnc(N2CCCSCC2)o1. The highest BCUT2D eigenvalue weighted by Crippen LogP contribution is 2.17. The van der Waals surface area contributed by atoms with E-state index in [9.17, 15) is 0 Å². The van der Waals surface area contributed by atoms with Gasteiger partial charge in [0.15, 0.2) is 0 Å². The Labute approximate surface area is 100.0 Å². The highest BCUT2D eigenvalue weighted by atomic mass is 32.2. The molecule has 2 heterocycles. The molecular weight excluding hydrogens is 224 g/mol. The Hall–Kier alpha value is -0.750. The average Bonchev–Trinajstić information content (AvgIpc) is 2.60. The number of thioether (sulfide) groups is 1. The number of hydrogen-bond donors (Lipinski definition) is 1. The molecule has 0 bridgehead atoms. The number of rotatable bonds is 4. The summed E-state index contributed by atoms with van der Waals surface area (Å²) < 4.78 is 5.61. The summed E-state index contributed by atoms with van der Waals surface area (Å²) >= 11 is 1.99. The van der Waals surface area contributed by atoms with Gasteiger partial charge in [0.2, 0.25) is 5.89 Å². The maximum Gasteiger partial charge on any atom is 0.318 e. The molecule has 1 N–H and O–H groups in total. The summed E-state index contributed by atoms with van der Waals surface area (Å²) in [6.45, 7) is 5.66. The molecular formula is C10H18N4OS. The van der Waals surface area contributed by atoms with Crippen molar-refractivity contribution in [2.24, 2.45) is 0 Å². The number of nitrogens with zero attached hydrogens (tertiary/aromatic N) is 3. The fraction of sp³-hybridized carbons (Fsp3) is 0.800. The van der Waals surface area contributed by atoms with E-state index in [1.54, 1.807) is 0 Å². The van der Waals surface area contributed by atoms with Crippen molar-refractivity contribution in [3.8, 4) is 0 Å². The molecule has 6 heteroatoms. The topological polar surface area (TPSA) is 54.2 Å². The zero-order valence-corrected chi connectivity index (χ0v) is 10.4. The summed E-state index contributed by atoms with van der Waals surface area (Å²) in [6.07, 6.45) is 1.19. The lowest BCUT2D eigenvalue weighted by Gasteiger charge is -2.15. The van der Waals surface area contributed by atoms with Crippen molar-refractivity contribution in [1.82, 2.24) is 15.5 Å². The number of hydrogen-bond acceptors (Lipinski definition) is 6. The molecule has 1 aliphatic heterocycles. The summed E-state index contributed by atoms with van der Waals surface area (Å²) in [5.41, 5.74) is 0. The molecule has 90 valence electrons. The molecule has 1 aliphatic rings. The molecule has 0 radical (unpaired) electrons. The molecule has 0 aromatic carbocycles. The summed E-state index contributed by atoms with van der Waals surface area (Å²) in [6, 6.07) is 0.676. The molecule has 0 spiro atoms. The lowest BCUT2D eigenvalue weighted by molar-refractivity contribution is 0.465. The Morgan fingerprint density at radius 2 is 2.31 bits per heavy atom. The van der Waals surface area contributed by atoms with Crippen LogP contribution in [0.15, 0.2) is 4.42 Å². The molecule has 16 heavy (non-hydrogen) atoms.